The standard InChI is InChI=1S/BO.H2O.O.Zn/c1-2;;;/h;1H2;;. The fourth-order valence-corrected chi connectivity index (χ4v) is 0. The summed E-state index contributed by atoms with van der Waals surface area (Å²) in [4.78, 5) is 0. The van der Waals surface area contributed by atoms with Crippen LogP contribution in [-0.2, 0) is 26.5 Å². The summed E-state index contributed by atoms with van der Waals surface area (Å²) in [6, 6.07) is 0. The maximum atomic E-state index is 8.38. The summed E-state index contributed by atoms with van der Waals surface area (Å²) in [5.74, 6) is 0. The van der Waals surface area contributed by atoms with Crippen LogP contribution >= 0.6 is 0 Å². The van der Waals surface area contributed by atoms with Crippen molar-refractivity contribution in [1.29, 1.82) is 0 Å². The van der Waals surface area contributed by atoms with Gasteiger partial charge in [-0.25, -0.2) is 0 Å². The van der Waals surface area contributed by atoms with Gasteiger partial charge in [-0.3, -0.25) is 0 Å². The van der Waals surface area contributed by atoms with E-state index in [1.807, 2.05) is 0 Å². The molecule has 0 unspecified atom stereocenters. The summed E-state index contributed by atoms with van der Waals surface area (Å²) in [6.45, 7) is 0. The third kappa shape index (κ3) is 348. The van der Waals surface area contributed by atoms with Gasteiger partial charge in [0.25, 0.3) is 0 Å². The molecule has 2 N–H and O–H groups in total. The average Bonchev–Trinajstić information content (AvgIpc) is 1.50. The minimum atomic E-state index is 0. The molecule has 0 spiro atoms. The summed E-state index contributed by atoms with van der Waals surface area (Å²) < 4.78 is 16.1. The maximum absolute atomic E-state index is 8.38. The zero-order valence-corrected chi connectivity index (χ0v) is 5.57. The van der Waals surface area contributed by atoms with Crippen LogP contribution in [0, 0.1) is 0 Å². The molecule has 3 nitrogen and oxygen atoms in total. The molecule has 0 rings (SSSR count). The Labute approximate surface area is 40.4 Å². The van der Waals surface area contributed by atoms with E-state index in [1.54, 1.807) is 0 Å². The molecule has 0 heterocycles. The molecule has 0 amide bonds. The van der Waals surface area contributed by atoms with Gasteiger partial charge in [-0.1, -0.05) is 0 Å². The Balaban J connectivity index is -0.0000000133. The second-order valence-electron chi connectivity index (χ2n) is 0. The van der Waals surface area contributed by atoms with E-state index in [1.165, 1.54) is 0 Å². The molecule has 0 saturated heterocycles. The number of rotatable bonds is 0. The molecule has 0 aliphatic rings. The van der Waals surface area contributed by atoms with E-state index in [0.717, 1.165) is 0 Å². The van der Waals surface area contributed by atoms with Crippen molar-refractivity contribution in [2.75, 3.05) is 0 Å². The topological polar surface area (TPSA) is 65.6 Å². The zero-order chi connectivity index (χ0) is 4.00. The normalized spacial score (nSPS) is 1.80. The second-order valence-corrected chi connectivity index (χ2v) is 0. The van der Waals surface area contributed by atoms with E-state index in [2.05, 4.69) is 7.72 Å². The molecular formula is H2BO3Zn. The molecule has 0 aromatic carbocycles. The third-order valence-electron chi connectivity index (χ3n) is 0. The van der Waals surface area contributed by atoms with E-state index in [0.29, 0.717) is 0 Å². The van der Waals surface area contributed by atoms with Crippen molar-refractivity contribution in [3.8, 4) is 0 Å². The van der Waals surface area contributed by atoms with Crippen molar-refractivity contribution in [2.45, 2.75) is 0 Å². The van der Waals surface area contributed by atoms with Crippen LogP contribution in [0.5, 0.6) is 0 Å². The monoisotopic (exact) mass is 125 g/mol. The van der Waals surface area contributed by atoms with Gasteiger partial charge in [-0.2, -0.15) is 0 Å². The average molecular weight is 126 g/mol. The fourth-order valence-electron chi connectivity index (χ4n) is 0. The minimum absolute atomic E-state index is 0. The van der Waals surface area contributed by atoms with Gasteiger partial charge in [0.05, 0.1) is 0 Å². The van der Waals surface area contributed by atoms with E-state index in [4.69, 9.17) is 8.28 Å². The Morgan fingerprint density at radius 2 is 1.20 bits per heavy atom. The van der Waals surface area contributed by atoms with Crippen LogP contribution in [0.25, 0.3) is 0 Å². The van der Waals surface area contributed by atoms with Crippen LogP contribution in [0.3, 0.4) is 0 Å². The van der Waals surface area contributed by atoms with Crippen molar-refractivity contribution in [1.82, 2.24) is 0 Å². The van der Waals surface area contributed by atoms with Crippen molar-refractivity contribution < 1.29 is 32.0 Å². The van der Waals surface area contributed by atoms with Crippen LogP contribution in [-0.4, -0.2) is 13.2 Å². The number of hydrogen-bond donors (Lipinski definition) is 0. The van der Waals surface area contributed by atoms with Gasteiger partial charge in [0, 0.05) is 0 Å². The van der Waals surface area contributed by atoms with E-state index < -0.39 is 0 Å². The van der Waals surface area contributed by atoms with E-state index in [-0.39, 0.29) is 23.7 Å². The first kappa shape index (κ1) is 18.7. The van der Waals surface area contributed by atoms with Crippen molar-refractivity contribution in [3.05, 3.63) is 0 Å². The Hall–Kier alpha value is 0.248. The molecule has 5 heteroatoms. The zero-order valence-electron chi connectivity index (χ0n) is 2.60. The summed E-state index contributed by atoms with van der Waals surface area (Å²) >= 11 is 0.125. The molecule has 5 heavy (non-hydrogen) atoms. The SMILES string of the molecule is O.[B]=O.[O]=[Zn]. The van der Waals surface area contributed by atoms with Gasteiger partial charge in [-0.05, 0) is 0 Å². The van der Waals surface area contributed by atoms with Gasteiger partial charge in [0.1, 0.15) is 0 Å². The summed E-state index contributed by atoms with van der Waals surface area (Å²) in [5, 5.41) is 0. The summed E-state index contributed by atoms with van der Waals surface area (Å²) in [6.07, 6.45) is 0. The van der Waals surface area contributed by atoms with Crippen molar-refractivity contribution >= 4 is 7.72 Å². The molecule has 0 saturated carbocycles. The quantitative estimate of drug-likeness (QED) is 0.373. The van der Waals surface area contributed by atoms with Gasteiger partial charge < -0.3 is 5.48 Å². The first-order valence-corrected chi connectivity index (χ1v) is 1.74. The predicted octanol–water partition coefficient (Wildman–Crippen LogP) is -1.45. The summed E-state index contributed by atoms with van der Waals surface area (Å²) in [5.41, 5.74) is 0. The van der Waals surface area contributed by atoms with E-state index in [9.17, 15) is 0 Å². The molecule has 1 radical (unpaired) electrons. The van der Waals surface area contributed by atoms with Crippen molar-refractivity contribution in [3.63, 3.8) is 0 Å². The van der Waals surface area contributed by atoms with Crippen LogP contribution in [0.15, 0.2) is 0 Å². The molecule has 0 fully saturated rings. The van der Waals surface area contributed by atoms with Crippen LogP contribution in [0.1, 0.15) is 0 Å². The molecule has 0 aliphatic heterocycles. The van der Waals surface area contributed by atoms with Crippen LogP contribution in [0.2, 0.25) is 0 Å². The van der Waals surface area contributed by atoms with Gasteiger partial charge >= 0.3 is 34.2 Å². The van der Waals surface area contributed by atoms with Crippen LogP contribution in [0.4, 0.5) is 0 Å². The third-order valence-corrected chi connectivity index (χ3v) is 0. The first-order chi connectivity index (χ1) is 2.00. The molecule has 0 bridgehead atoms. The Morgan fingerprint density at radius 3 is 1.20 bits per heavy atom. The first-order valence-electron chi connectivity index (χ1n) is 0.524. The van der Waals surface area contributed by atoms with Gasteiger partial charge in [0.15, 0.2) is 0 Å². The Morgan fingerprint density at radius 1 is 1.20 bits per heavy atom. The van der Waals surface area contributed by atoms with E-state index >= 15 is 0 Å². The van der Waals surface area contributed by atoms with Crippen molar-refractivity contribution in [2.24, 2.45) is 0 Å². The van der Waals surface area contributed by atoms with Crippen LogP contribution < -0.4 is 0 Å². The molecular weight excluding hydrogens is 124 g/mol. The molecule has 0 aromatic heterocycles. The molecule has 0 atom stereocenters. The van der Waals surface area contributed by atoms with Gasteiger partial charge in [-0.15, -0.1) is 0 Å². The van der Waals surface area contributed by atoms with Gasteiger partial charge in [0.2, 0.25) is 0 Å². The second kappa shape index (κ2) is 727. The Kier molecular flexibility index (Phi) is 2720. The fraction of sp³-hybridized carbons (Fsp3) is 0. The molecule has 0 aromatic rings. The Bertz CT molecular complexity index is 8.85. The predicted molar refractivity (Wildman–Crippen MR) is 10.7 cm³/mol. The summed E-state index contributed by atoms with van der Waals surface area (Å²) in [7, 11) is 3.25. The molecule has 0 aliphatic carbocycles. The molecule has 25 valence electrons. The number of hydrogen-bond acceptors (Lipinski definition) is 2.